The Morgan fingerprint density at radius 3 is 2.42 bits per heavy atom. The quantitative estimate of drug-likeness (QED) is 0.842. The molecule has 2 aliphatic heterocycles. The Morgan fingerprint density at radius 2 is 1.74 bits per heavy atom. The zero-order chi connectivity index (χ0) is 13.8. The molecule has 1 unspecified atom stereocenters. The monoisotopic (exact) mass is 261 g/mol. The molecule has 2 heterocycles. The lowest BCUT2D eigenvalue weighted by Gasteiger charge is -2.38. The van der Waals surface area contributed by atoms with Crippen molar-refractivity contribution >= 4 is 0 Å². The van der Waals surface area contributed by atoms with E-state index < -0.39 is 0 Å². The van der Waals surface area contributed by atoms with Gasteiger partial charge >= 0.3 is 0 Å². The van der Waals surface area contributed by atoms with Gasteiger partial charge in [-0.3, -0.25) is 0 Å². The van der Waals surface area contributed by atoms with E-state index in [2.05, 4.69) is 45.1 Å². The van der Waals surface area contributed by atoms with Crippen molar-refractivity contribution in [2.24, 2.45) is 0 Å². The van der Waals surface area contributed by atoms with E-state index in [-0.39, 0.29) is 11.2 Å². The molecule has 0 saturated carbocycles. The van der Waals surface area contributed by atoms with E-state index in [9.17, 15) is 0 Å². The maximum Gasteiger partial charge on any atom is 0.167 e. The second kappa shape index (κ2) is 3.89. The molecule has 0 spiro atoms. The number of ether oxygens (including phenoxy) is 2. The van der Waals surface area contributed by atoms with Gasteiger partial charge in [0.2, 0.25) is 0 Å². The number of fused-ring (bicyclic) bond motifs is 3. The van der Waals surface area contributed by atoms with Crippen molar-refractivity contribution in [1.29, 1.82) is 0 Å². The van der Waals surface area contributed by atoms with Gasteiger partial charge in [0.15, 0.2) is 11.5 Å². The summed E-state index contributed by atoms with van der Waals surface area (Å²) in [5, 5.41) is 3.39. The van der Waals surface area contributed by atoms with E-state index in [1.54, 1.807) is 0 Å². The zero-order valence-electron chi connectivity index (χ0n) is 12.5. The summed E-state index contributed by atoms with van der Waals surface area (Å²) >= 11 is 0. The van der Waals surface area contributed by atoms with Crippen LogP contribution in [0.5, 0.6) is 11.5 Å². The summed E-state index contributed by atoms with van der Waals surface area (Å²) in [5.41, 5.74) is 2.19. The van der Waals surface area contributed by atoms with E-state index >= 15 is 0 Å². The molecule has 1 aromatic carbocycles. The fourth-order valence-corrected chi connectivity index (χ4v) is 3.20. The van der Waals surface area contributed by atoms with Crippen LogP contribution in [0.3, 0.4) is 0 Å². The fourth-order valence-electron chi connectivity index (χ4n) is 3.20. The van der Waals surface area contributed by atoms with Crippen molar-refractivity contribution in [1.82, 2.24) is 5.32 Å². The van der Waals surface area contributed by atoms with E-state index in [0.717, 1.165) is 24.3 Å². The third-order valence-electron chi connectivity index (χ3n) is 4.02. The first-order valence-corrected chi connectivity index (χ1v) is 7.02. The Kier molecular flexibility index (Phi) is 2.62. The lowest BCUT2D eigenvalue weighted by Crippen LogP contribution is -2.38. The third-order valence-corrected chi connectivity index (χ3v) is 4.02. The number of benzene rings is 1. The summed E-state index contributed by atoms with van der Waals surface area (Å²) in [6.45, 7) is 8.53. The van der Waals surface area contributed by atoms with Crippen LogP contribution >= 0.6 is 0 Å². The highest BCUT2D eigenvalue weighted by molar-refractivity contribution is 5.57. The van der Waals surface area contributed by atoms with Crippen molar-refractivity contribution in [3.05, 3.63) is 23.3 Å². The largest absolute Gasteiger partial charge is 0.484 e. The van der Waals surface area contributed by atoms with E-state index in [1.807, 2.05) is 7.05 Å². The topological polar surface area (TPSA) is 30.5 Å². The molecular formula is C16H23NO2. The van der Waals surface area contributed by atoms with Crippen LogP contribution in [0.4, 0.5) is 0 Å². The highest BCUT2D eigenvalue weighted by Gasteiger charge is 2.40. The molecule has 0 amide bonds. The maximum atomic E-state index is 6.22. The molecule has 0 bridgehead atoms. The molecule has 104 valence electrons. The van der Waals surface area contributed by atoms with Crippen LogP contribution < -0.4 is 14.8 Å². The van der Waals surface area contributed by atoms with Gasteiger partial charge in [-0.2, -0.15) is 0 Å². The Hall–Kier alpha value is -1.22. The smallest absolute Gasteiger partial charge is 0.167 e. The minimum Gasteiger partial charge on any atom is -0.484 e. The molecule has 3 rings (SSSR count). The van der Waals surface area contributed by atoms with E-state index in [1.165, 1.54) is 11.1 Å². The van der Waals surface area contributed by atoms with Crippen molar-refractivity contribution in [3.63, 3.8) is 0 Å². The summed E-state index contributed by atoms with van der Waals surface area (Å²) in [4.78, 5) is 0. The lowest BCUT2D eigenvalue weighted by atomic mass is 9.88. The SMILES string of the molecule is CNC1CC(C)(C)Oc2c1ccc1c2OC(C)(C)C1. The van der Waals surface area contributed by atoms with Crippen LogP contribution in [0.1, 0.15) is 51.3 Å². The standard InChI is InChI=1S/C16H23NO2/c1-15(2)8-10-6-7-11-12(17-5)9-16(3,4)19-14(11)13(10)18-15/h6-7,12,17H,8-9H2,1-5H3. The average molecular weight is 261 g/mol. The summed E-state index contributed by atoms with van der Waals surface area (Å²) in [5.74, 6) is 1.90. The first-order chi connectivity index (χ1) is 8.81. The second-order valence-corrected chi connectivity index (χ2v) is 6.92. The summed E-state index contributed by atoms with van der Waals surface area (Å²) in [7, 11) is 2.01. The van der Waals surface area contributed by atoms with Gasteiger partial charge < -0.3 is 14.8 Å². The van der Waals surface area contributed by atoms with Gasteiger partial charge in [-0.1, -0.05) is 12.1 Å². The predicted molar refractivity (Wildman–Crippen MR) is 76.0 cm³/mol. The average Bonchev–Trinajstić information content (AvgIpc) is 2.61. The minimum absolute atomic E-state index is 0.127. The number of hydrogen-bond acceptors (Lipinski definition) is 3. The van der Waals surface area contributed by atoms with Crippen molar-refractivity contribution < 1.29 is 9.47 Å². The molecule has 2 aliphatic rings. The van der Waals surface area contributed by atoms with Crippen molar-refractivity contribution in [2.45, 2.75) is 57.8 Å². The molecule has 1 N–H and O–H groups in total. The normalized spacial score (nSPS) is 26.1. The molecule has 1 atom stereocenters. The molecule has 19 heavy (non-hydrogen) atoms. The van der Waals surface area contributed by atoms with Gasteiger partial charge in [-0.15, -0.1) is 0 Å². The van der Waals surface area contributed by atoms with Crippen LogP contribution in [0.15, 0.2) is 12.1 Å². The molecule has 0 fully saturated rings. The molecule has 1 aromatic rings. The molecule has 0 aromatic heterocycles. The summed E-state index contributed by atoms with van der Waals surface area (Å²) < 4.78 is 12.3. The van der Waals surface area contributed by atoms with Crippen LogP contribution in [0.25, 0.3) is 0 Å². The molecule has 0 saturated heterocycles. The first-order valence-electron chi connectivity index (χ1n) is 7.02. The molecule has 0 radical (unpaired) electrons. The Bertz CT molecular complexity index is 520. The maximum absolute atomic E-state index is 6.22. The van der Waals surface area contributed by atoms with Gasteiger partial charge in [-0.05, 0) is 34.7 Å². The molecule has 3 heteroatoms. The highest BCUT2D eigenvalue weighted by Crippen LogP contribution is 2.50. The van der Waals surface area contributed by atoms with E-state index in [0.29, 0.717) is 6.04 Å². The Morgan fingerprint density at radius 1 is 1.05 bits per heavy atom. The highest BCUT2D eigenvalue weighted by atomic mass is 16.5. The van der Waals surface area contributed by atoms with Gasteiger partial charge in [-0.25, -0.2) is 0 Å². The van der Waals surface area contributed by atoms with Crippen LogP contribution in [0, 0.1) is 0 Å². The van der Waals surface area contributed by atoms with Crippen molar-refractivity contribution in [2.75, 3.05) is 7.05 Å². The van der Waals surface area contributed by atoms with Crippen LogP contribution in [-0.2, 0) is 6.42 Å². The number of rotatable bonds is 1. The third kappa shape index (κ3) is 2.10. The molecule has 0 aliphatic carbocycles. The van der Waals surface area contributed by atoms with Gasteiger partial charge in [0.05, 0.1) is 0 Å². The summed E-state index contributed by atoms with van der Waals surface area (Å²) in [6, 6.07) is 4.71. The lowest BCUT2D eigenvalue weighted by molar-refractivity contribution is 0.0564. The van der Waals surface area contributed by atoms with Gasteiger partial charge in [0.1, 0.15) is 11.2 Å². The first kappa shape index (κ1) is 12.8. The zero-order valence-corrected chi connectivity index (χ0v) is 12.5. The van der Waals surface area contributed by atoms with Gasteiger partial charge in [0.25, 0.3) is 0 Å². The number of hydrogen-bond donors (Lipinski definition) is 1. The Labute approximate surface area is 115 Å². The molecular weight excluding hydrogens is 238 g/mol. The van der Waals surface area contributed by atoms with E-state index in [4.69, 9.17) is 9.47 Å². The van der Waals surface area contributed by atoms with Crippen molar-refractivity contribution in [3.8, 4) is 11.5 Å². The minimum atomic E-state index is -0.161. The van der Waals surface area contributed by atoms with Gasteiger partial charge in [0, 0.05) is 30.0 Å². The second-order valence-electron chi connectivity index (χ2n) is 6.92. The Balaban J connectivity index is 2.11. The summed E-state index contributed by atoms with van der Waals surface area (Å²) in [6.07, 6.45) is 1.92. The predicted octanol–water partition coefficient (Wildman–Crippen LogP) is 3.22. The van der Waals surface area contributed by atoms with Crippen LogP contribution in [0.2, 0.25) is 0 Å². The number of nitrogens with one attached hydrogen (secondary N) is 1. The van der Waals surface area contributed by atoms with Crippen LogP contribution in [-0.4, -0.2) is 18.2 Å². The molecule has 3 nitrogen and oxygen atoms in total. The fraction of sp³-hybridized carbons (Fsp3) is 0.625.